The minimum absolute atomic E-state index is 0.0482. The fraction of sp³-hybridized carbons (Fsp3) is 0.643. The summed E-state index contributed by atoms with van der Waals surface area (Å²) in [5.74, 6) is -0.453. The summed E-state index contributed by atoms with van der Waals surface area (Å²) in [4.78, 5) is 29.9. The molecular formula is C14H22N2O3S2. The Kier molecular flexibility index (Phi) is 6.67. The summed E-state index contributed by atoms with van der Waals surface area (Å²) in [6, 6.07) is -0.0482. The first-order valence-electron chi connectivity index (χ1n) is 6.76. The topological polar surface area (TPSA) is 70.5 Å². The average Bonchev–Trinajstić information content (AvgIpc) is 2.78. The zero-order valence-electron chi connectivity index (χ0n) is 13.0. The van der Waals surface area contributed by atoms with Gasteiger partial charge in [-0.3, -0.25) is 9.59 Å². The van der Waals surface area contributed by atoms with Gasteiger partial charge >= 0.3 is 5.97 Å². The Labute approximate surface area is 133 Å². The van der Waals surface area contributed by atoms with Crippen molar-refractivity contribution in [1.29, 1.82) is 0 Å². The zero-order chi connectivity index (χ0) is 16.2. The SMILES string of the molecule is Cc1nc(C(C)C)sc1C(C)N(C)C(=O)CSCC(=O)O. The van der Waals surface area contributed by atoms with Gasteiger partial charge < -0.3 is 10.0 Å². The normalized spacial score (nSPS) is 12.5. The summed E-state index contributed by atoms with van der Waals surface area (Å²) >= 11 is 2.77. The number of nitrogens with zero attached hydrogens (tertiary/aromatic N) is 2. The number of carbonyl (C=O) groups is 2. The molecule has 1 rings (SSSR count). The van der Waals surface area contributed by atoms with E-state index in [-0.39, 0.29) is 23.5 Å². The van der Waals surface area contributed by atoms with E-state index in [2.05, 4.69) is 18.8 Å². The number of carbonyl (C=O) groups excluding carboxylic acids is 1. The van der Waals surface area contributed by atoms with Gasteiger partial charge in [0, 0.05) is 17.8 Å². The zero-order valence-corrected chi connectivity index (χ0v) is 14.7. The van der Waals surface area contributed by atoms with Crippen LogP contribution in [0.5, 0.6) is 0 Å². The first-order chi connectivity index (χ1) is 9.73. The second kappa shape index (κ2) is 7.79. The van der Waals surface area contributed by atoms with E-state index in [1.807, 2.05) is 13.8 Å². The minimum atomic E-state index is -0.900. The minimum Gasteiger partial charge on any atom is -0.481 e. The lowest BCUT2D eigenvalue weighted by molar-refractivity contribution is -0.133. The molecule has 0 radical (unpaired) electrons. The Balaban J connectivity index is 2.71. The fourth-order valence-corrected chi connectivity index (χ4v) is 3.60. The molecule has 0 aromatic carbocycles. The molecule has 1 aromatic heterocycles. The largest absolute Gasteiger partial charge is 0.481 e. The van der Waals surface area contributed by atoms with Crippen LogP contribution in [0, 0.1) is 6.92 Å². The highest BCUT2D eigenvalue weighted by Gasteiger charge is 2.22. The number of hydrogen-bond acceptors (Lipinski definition) is 5. The predicted molar refractivity (Wildman–Crippen MR) is 87.1 cm³/mol. The first kappa shape index (κ1) is 18.0. The number of rotatable bonds is 7. The maximum Gasteiger partial charge on any atom is 0.313 e. The molecule has 118 valence electrons. The Hall–Kier alpha value is -1.08. The number of aryl methyl sites for hydroxylation is 1. The lowest BCUT2D eigenvalue weighted by Crippen LogP contribution is -2.31. The standard InChI is InChI=1S/C14H22N2O3S2/c1-8(2)14-15-9(3)13(21-14)10(4)16(5)11(17)6-20-7-12(18)19/h8,10H,6-7H2,1-5H3,(H,18,19). The van der Waals surface area contributed by atoms with Gasteiger partial charge in [-0.15, -0.1) is 23.1 Å². The highest BCUT2D eigenvalue weighted by Crippen LogP contribution is 2.31. The molecule has 1 unspecified atom stereocenters. The van der Waals surface area contributed by atoms with Crippen LogP contribution >= 0.6 is 23.1 Å². The van der Waals surface area contributed by atoms with Crippen molar-refractivity contribution in [3.05, 3.63) is 15.6 Å². The number of thiazole rings is 1. The van der Waals surface area contributed by atoms with E-state index in [1.54, 1.807) is 23.3 Å². The Morgan fingerprint density at radius 3 is 2.43 bits per heavy atom. The van der Waals surface area contributed by atoms with Crippen LogP contribution in [0.15, 0.2) is 0 Å². The van der Waals surface area contributed by atoms with Crippen LogP contribution in [0.2, 0.25) is 0 Å². The number of hydrogen-bond donors (Lipinski definition) is 1. The lowest BCUT2D eigenvalue weighted by Gasteiger charge is -2.24. The number of carboxylic acids is 1. The predicted octanol–water partition coefficient (Wildman–Crippen LogP) is 2.91. The molecule has 0 aliphatic carbocycles. The Morgan fingerprint density at radius 2 is 1.95 bits per heavy atom. The third kappa shape index (κ3) is 5.00. The van der Waals surface area contributed by atoms with Crippen LogP contribution in [0.25, 0.3) is 0 Å². The van der Waals surface area contributed by atoms with Crippen molar-refractivity contribution in [3.63, 3.8) is 0 Å². The van der Waals surface area contributed by atoms with E-state index in [4.69, 9.17) is 5.11 Å². The van der Waals surface area contributed by atoms with Gasteiger partial charge in [-0.2, -0.15) is 0 Å². The molecule has 0 bridgehead atoms. The number of aliphatic carboxylic acids is 1. The van der Waals surface area contributed by atoms with E-state index < -0.39 is 5.97 Å². The number of carboxylic acid groups (broad SMARTS) is 1. The van der Waals surface area contributed by atoms with Crippen molar-refractivity contribution in [2.75, 3.05) is 18.6 Å². The summed E-state index contributed by atoms with van der Waals surface area (Å²) in [7, 11) is 1.75. The molecular weight excluding hydrogens is 308 g/mol. The van der Waals surface area contributed by atoms with Crippen LogP contribution in [0.3, 0.4) is 0 Å². The molecule has 0 spiro atoms. The van der Waals surface area contributed by atoms with Crippen molar-refractivity contribution >= 4 is 35.0 Å². The highest BCUT2D eigenvalue weighted by molar-refractivity contribution is 8.00. The maximum absolute atomic E-state index is 12.1. The van der Waals surface area contributed by atoms with Gasteiger partial charge in [-0.1, -0.05) is 13.8 Å². The first-order valence-corrected chi connectivity index (χ1v) is 8.73. The molecule has 0 saturated heterocycles. The molecule has 21 heavy (non-hydrogen) atoms. The molecule has 7 heteroatoms. The van der Waals surface area contributed by atoms with Crippen LogP contribution in [0.1, 0.15) is 48.3 Å². The van der Waals surface area contributed by atoms with Crippen LogP contribution in [0.4, 0.5) is 0 Å². The number of amides is 1. The number of thioether (sulfide) groups is 1. The molecule has 1 amide bonds. The van der Waals surface area contributed by atoms with Crippen molar-refractivity contribution in [2.45, 2.75) is 39.7 Å². The van der Waals surface area contributed by atoms with E-state index in [9.17, 15) is 9.59 Å². The molecule has 0 aliphatic heterocycles. The third-order valence-corrected chi connectivity index (χ3v) is 5.68. The van der Waals surface area contributed by atoms with E-state index >= 15 is 0 Å². The van der Waals surface area contributed by atoms with Crippen LogP contribution < -0.4 is 0 Å². The van der Waals surface area contributed by atoms with Gasteiger partial charge in [0.15, 0.2) is 0 Å². The lowest BCUT2D eigenvalue weighted by atomic mass is 10.2. The van der Waals surface area contributed by atoms with Crippen molar-refractivity contribution < 1.29 is 14.7 Å². The maximum atomic E-state index is 12.1. The Bertz CT molecular complexity index is 514. The van der Waals surface area contributed by atoms with Gasteiger partial charge in [-0.05, 0) is 13.8 Å². The van der Waals surface area contributed by atoms with Gasteiger partial charge in [0.05, 0.1) is 28.2 Å². The summed E-state index contributed by atoms with van der Waals surface area (Å²) in [5.41, 5.74) is 0.967. The van der Waals surface area contributed by atoms with Crippen molar-refractivity contribution in [3.8, 4) is 0 Å². The van der Waals surface area contributed by atoms with E-state index in [0.717, 1.165) is 27.3 Å². The number of aromatic nitrogens is 1. The molecule has 1 heterocycles. The van der Waals surface area contributed by atoms with Crippen molar-refractivity contribution in [2.24, 2.45) is 0 Å². The van der Waals surface area contributed by atoms with Gasteiger partial charge in [-0.25, -0.2) is 4.98 Å². The molecule has 1 aromatic rings. The molecule has 0 fully saturated rings. The average molecular weight is 330 g/mol. The second-order valence-electron chi connectivity index (χ2n) is 5.22. The molecule has 0 aliphatic rings. The fourth-order valence-electron chi connectivity index (χ4n) is 1.78. The van der Waals surface area contributed by atoms with Crippen LogP contribution in [-0.2, 0) is 9.59 Å². The second-order valence-corrected chi connectivity index (χ2v) is 7.27. The molecule has 1 atom stereocenters. The van der Waals surface area contributed by atoms with Gasteiger partial charge in [0.1, 0.15) is 0 Å². The van der Waals surface area contributed by atoms with Crippen LogP contribution in [-0.4, -0.2) is 45.4 Å². The van der Waals surface area contributed by atoms with E-state index in [0.29, 0.717) is 5.92 Å². The molecule has 0 saturated carbocycles. The molecule has 1 N–H and O–H groups in total. The quantitative estimate of drug-likeness (QED) is 0.832. The van der Waals surface area contributed by atoms with Gasteiger partial charge in [0.25, 0.3) is 0 Å². The Morgan fingerprint density at radius 1 is 1.33 bits per heavy atom. The van der Waals surface area contributed by atoms with E-state index in [1.165, 1.54) is 0 Å². The summed E-state index contributed by atoms with van der Waals surface area (Å²) in [6.07, 6.45) is 0. The third-order valence-electron chi connectivity index (χ3n) is 3.15. The van der Waals surface area contributed by atoms with Crippen molar-refractivity contribution in [1.82, 2.24) is 9.88 Å². The monoisotopic (exact) mass is 330 g/mol. The van der Waals surface area contributed by atoms with Gasteiger partial charge in [0.2, 0.25) is 5.91 Å². The summed E-state index contributed by atoms with van der Waals surface area (Å²) in [5, 5.41) is 9.67. The summed E-state index contributed by atoms with van der Waals surface area (Å²) < 4.78 is 0. The smallest absolute Gasteiger partial charge is 0.313 e. The summed E-state index contributed by atoms with van der Waals surface area (Å²) in [6.45, 7) is 8.14. The highest BCUT2D eigenvalue weighted by atomic mass is 32.2. The molecule has 5 nitrogen and oxygen atoms in total.